The maximum Gasteiger partial charge on any atom is 0.144 e. The third kappa shape index (κ3) is 5.13. The molecule has 5 heteroatoms. The van der Waals surface area contributed by atoms with Crippen LogP contribution >= 0.6 is 0 Å². The number of rotatable bonds is 8. The van der Waals surface area contributed by atoms with Crippen molar-refractivity contribution in [1.29, 1.82) is 5.26 Å². The van der Waals surface area contributed by atoms with Crippen LogP contribution in [-0.4, -0.2) is 33.5 Å². The van der Waals surface area contributed by atoms with E-state index in [1.165, 1.54) is 12.1 Å². The molecule has 18 heavy (non-hydrogen) atoms. The van der Waals surface area contributed by atoms with Crippen molar-refractivity contribution in [3.05, 3.63) is 29.6 Å². The monoisotopic (exact) mass is 253 g/mol. The molecule has 0 saturated carbocycles. The van der Waals surface area contributed by atoms with E-state index in [9.17, 15) is 4.39 Å². The first-order valence-corrected chi connectivity index (χ1v) is 5.67. The molecule has 0 spiro atoms. The maximum atomic E-state index is 13.2. The third-order valence-electron chi connectivity index (χ3n) is 2.19. The Morgan fingerprint density at radius 1 is 1.22 bits per heavy atom. The predicted molar refractivity (Wildman–Crippen MR) is 63.9 cm³/mol. The molecule has 0 bridgehead atoms. The van der Waals surface area contributed by atoms with E-state index in [4.69, 9.17) is 19.5 Å². The molecule has 0 radical (unpaired) electrons. The average Bonchev–Trinajstić information content (AvgIpc) is 2.38. The Kier molecular flexibility index (Phi) is 6.77. The van der Waals surface area contributed by atoms with Gasteiger partial charge >= 0.3 is 0 Å². The largest absolute Gasteiger partial charge is 0.491 e. The molecule has 0 fully saturated rings. The number of halogens is 1. The average molecular weight is 253 g/mol. The van der Waals surface area contributed by atoms with Gasteiger partial charge in [-0.25, -0.2) is 4.39 Å². The molecule has 0 aliphatic carbocycles. The molecule has 0 atom stereocenters. The van der Waals surface area contributed by atoms with Crippen LogP contribution in [0.15, 0.2) is 18.2 Å². The lowest BCUT2D eigenvalue weighted by atomic mass is 10.2. The van der Waals surface area contributed by atoms with E-state index in [1.54, 1.807) is 19.2 Å². The molecule has 0 aliphatic heterocycles. The quantitative estimate of drug-likeness (QED) is 0.666. The molecule has 0 saturated heterocycles. The van der Waals surface area contributed by atoms with Crippen molar-refractivity contribution in [2.24, 2.45) is 0 Å². The van der Waals surface area contributed by atoms with E-state index < -0.39 is 5.82 Å². The van der Waals surface area contributed by atoms with Crippen LogP contribution in [0, 0.1) is 17.1 Å². The summed E-state index contributed by atoms with van der Waals surface area (Å²) in [6.07, 6.45) is 0.835. The summed E-state index contributed by atoms with van der Waals surface area (Å²) in [5.74, 6) is -0.178. The number of hydrogen-bond donors (Lipinski definition) is 0. The molecule has 0 amide bonds. The van der Waals surface area contributed by atoms with Gasteiger partial charge in [0.25, 0.3) is 0 Å². The van der Waals surface area contributed by atoms with Gasteiger partial charge in [-0.3, -0.25) is 0 Å². The smallest absolute Gasteiger partial charge is 0.144 e. The molecule has 1 rings (SSSR count). The van der Waals surface area contributed by atoms with Gasteiger partial charge in [0.05, 0.1) is 12.2 Å². The van der Waals surface area contributed by atoms with E-state index in [0.717, 1.165) is 6.42 Å². The van der Waals surface area contributed by atoms with Gasteiger partial charge in [0.2, 0.25) is 0 Å². The van der Waals surface area contributed by atoms with E-state index in [-0.39, 0.29) is 5.56 Å². The third-order valence-corrected chi connectivity index (χ3v) is 2.19. The fourth-order valence-electron chi connectivity index (χ4n) is 1.30. The maximum absolute atomic E-state index is 13.2. The highest BCUT2D eigenvalue weighted by Crippen LogP contribution is 2.15. The van der Waals surface area contributed by atoms with E-state index >= 15 is 0 Å². The Morgan fingerprint density at radius 2 is 2.06 bits per heavy atom. The minimum Gasteiger partial charge on any atom is -0.491 e. The first kappa shape index (κ1) is 14.4. The lowest BCUT2D eigenvalue weighted by Gasteiger charge is -2.07. The van der Waals surface area contributed by atoms with Crippen molar-refractivity contribution < 1.29 is 18.6 Å². The topological polar surface area (TPSA) is 51.5 Å². The van der Waals surface area contributed by atoms with Crippen LogP contribution in [0.25, 0.3) is 0 Å². The normalized spacial score (nSPS) is 10.1. The van der Waals surface area contributed by atoms with Crippen molar-refractivity contribution in [1.82, 2.24) is 0 Å². The SMILES string of the molecule is COCCCOCCOc1ccc(C#N)c(F)c1. The standard InChI is InChI=1S/C13H16FNO3/c1-16-5-2-6-17-7-8-18-12-4-3-11(10-15)13(14)9-12/h3-4,9H,2,5-8H2,1H3. The van der Waals surface area contributed by atoms with Gasteiger partial charge in [-0.2, -0.15) is 5.26 Å². The van der Waals surface area contributed by atoms with Crippen molar-refractivity contribution in [2.75, 3.05) is 33.5 Å². The van der Waals surface area contributed by atoms with Crippen LogP contribution in [0.3, 0.4) is 0 Å². The molecule has 0 N–H and O–H groups in total. The molecule has 98 valence electrons. The number of hydrogen-bond acceptors (Lipinski definition) is 4. The molecular weight excluding hydrogens is 237 g/mol. The molecule has 0 heterocycles. The highest BCUT2D eigenvalue weighted by atomic mass is 19.1. The van der Waals surface area contributed by atoms with Crippen molar-refractivity contribution in [2.45, 2.75) is 6.42 Å². The van der Waals surface area contributed by atoms with Gasteiger partial charge < -0.3 is 14.2 Å². The zero-order valence-electron chi connectivity index (χ0n) is 10.3. The van der Waals surface area contributed by atoms with Crippen LogP contribution in [0.5, 0.6) is 5.75 Å². The molecule has 0 aromatic heterocycles. The van der Waals surface area contributed by atoms with E-state index in [2.05, 4.69) is 0 Å². The van der Waals surface area contributed by atoms with Gasteiger partial charge in [-0.05, 0) is 18.6 Å². The Morgan fingerprint density at radius 3 is 2.72 bits per heavy atom. The Labute approximate surface area is 106 Å². The van der Waals surface area contributed by atoms with Crippen LogP contribution in [0.1, 0.15) is 12.0 Å². The summed E-state index contributed by atoms with van der Waals surface area (Å²) in [6.45, 7) is 2.06. The van der Waals surface area contributed by atoms with Gasteiger partial charge in [0.1, 0.15) is 24.2 Å². The van der Waals surface area contributed by atoms with Crippen LogP contribution in [0.4, 0.5) is 4.39 Å². The lowest BCUT2D eigenvalue weighted by Crippen LogP contribution is -2.08. The van der Waals surface area contributed by atoms with Crippen molar-refractivity contribution in [3.8, 4) is 11.8 Å². The number of ether oxygens (including phenoxy) is 3. The fraction of sp³-hybridized carbons (Fsp3) is 0.462. The number of nitriles is 1. The summed E-state index contributed by atoms with van der Waals surface area (Å²) >= 11 is 0. The Balaban J connectivity index is 2.20. The first-order chi connectivity index (χ1) is 8.77. The molecule has 1 aromatic rings. The highest BCUT2D eigenvalue weighted by Gasteiger charge is 2.03. The summed E-state index contributed by atoms with van der Waals surface area (Å²) in [5.41, 5.74) is 0.0122. The Hall–Kier alpha value is -1.64. The first-order valence-electron chi connectivity index (χ1n) is 5.67. The van der Waals surface area contributed by atoms with Crippen molar-refractivity contribution >= 4 is 0 Å². The van der Waals surface area contributed by atoms with Crippen LogP contribution < -0.4 is 4.74 Å². The van der Waals surface area contributed by atoms with E-state index in [0.29, 0.717) is 32.2 Å². The summed E-state index contributed by atoms with van der Waals surface area (Å²) < 4.78 is 28.7. The van der Waals surface area contributed by atoms with Crippen LogP contribution in [0.2, 0.25) is 0 Å². The van der Waals surface area contributed by atoms with Crippen molar-refractivity contribution in [3.63, 3.8) is 0 Å². The van der Waals surface area contributed by atoms with Gasteiger partial charge in [0.15, 0.2) is 0 Å². The summed E-state index contributed by atoms with van der Waals surface area (Å²) in [4.78, 5) is 0. The number of benzene rings is 1. The summed E-state index contributed by atoms with van der Waals surface area (Å²) in [7, 11) is 1.64. The van der Waals surface area contributed by atoms with Gasteiger partial charge in [-0.1, -0.05) is 0 Å². The molecule has 4 nitrogen and oxygen atoms in total. The summed E-state index contributed by atoms with van der Waals surface area (Å²) in [6, 6.07) is 5.90. The Bertz CT molecular complexity index is 404. The van der Waals surface area contributed by atoms with Gasteiger partial charge in [0, 0.05) is 26.4 Å². The molecule has 0 unspecified atom stereocenters. The van der Waals surface area contributed by atoms with Crippen LogP contribution in [-0.2, 0) is 9.47 Å². The minimum atomic E-state index is -0.573. The fourth-order valence-corrected chi connectivity index (χ4v) is 1.30. The zero-order valence-corrected chi connectivity index (χ0v) is 10.3. The second-order valence-corrected chi connectivity index (χ2v) is 3.56. The molecule has 1 aromatic carbocycles. The molecular formula is C13H16FNO3. The van der Waals surface area contributed by atoms with E-state index in [1.807, 2.05) is 0 Å². The second-order valence-electron chi connectivity index (χ2n) is 3.56. The summed E-state index contributed by atoms with van der Waals surface area (Å²) in [5, 5.41) is 8.57. The second kappa shape index (κ2) is 8.45. The molecule has 0 aliphatic rings. The van der Waals surface area contributed by atoms with Gasteiger partial charge in [-0.15, -0.1) is 0 Å². The zero-order chi connectivity index (χ0) is 13.2. The number of nitrogens with zero attached hydrogens (tertiary/aromatic N) is 1. The minimum absolute atomic E-state index is 0.0122. The lowest BCUT2D eigenvalue weighted by molar-refractivity contribution is 0.0805. The number of methoxy groups -OCH3 is 1. The highest BCUT2D eigenvalue weighted by molar-refractivity contribution is 5.36. The predicted octanol–water partition coefficient (Wildman–Crippen LogP) is 2.13.